The number of anilines is 1. The van der Waals surface area contributed by atoms with Crippen LogP contribution in [0.3, 0.4) is 0 Å². The van der Waals surface area contributed by atoms with Gasteiger partial charge in [-0.3, -0.25) is 9.59 Å². The lowest BCUT2D eigenvalue weighted by molar-refractivity contribution is -0.138. The number of para-hydroxylation sites is 1. The molecule has 170 valence electrons. The summed E-state index contributed by atoms with van der Waals surface area (Å²) in [6.07, 6.45) is 3.92. The van der Waals surface area contributed by atoms with Gasteiger partial charge in [0.2, 0.25) is 21.8 Å². The van der Waals surface area contributed by atoms with Gasteiger partial charge in [-0.2, -0.15) is 4.31 Å². The Balaban J connectivity index is 1.31. The highest BCUT2D eigenvalue weighted by Crippen LogP contribution is 2.29. The van der Waals surface area contributed by atoms with Crippen molar-refractivity contribution in [1.82, 2.24) is 9.21 Å². The molecule has 1 saturated heterocycles. The van der Waals surface area contributed by atoms with Crippen molar-refractivity contribution in [3.8, 4) is 0 Å². The van der Waals surface area contributed by atoms with Crippen molar-refractivity contribution in [2.24, 2.45) is 5.92 Å². The van der Waals surface area contributed by atoms with Crippen molar-refractivity contribution < 1.29 is 18.0 Å². The Morgan fingerprint density at radius 1 is 1.03 bits per heavy atom. The molecule has 0 atom stereocenters. The van der Waals surface area contributed by atoms with Gasteiger partial charge in [0.05, 0.1) is 11.4 Å². The second kappa shape index (κ2) is 9.42. The number of hydrogen-bond acceptors (Lipinski definition) is 4. The number of sulfonamides is 1. The van der Waals surface area contributed by atoms with Crippen molar-refractivity contribution in [1.29, 1.82) is 0 Å². The fourth-order valence-corrected chi connectivity index (χ4v) is 6.05. The lowest BCUT2D eigenvalue weighted by Gasteiger charge is -2.32. The Morgan fingerprint density at radius 3 is 2.44 bits per heavy atom. The summed E-state index contributed by atoms with van der Waals surface area (Å²) in [5, 5.41) is 2.77. The molecule has 32 heavy (non-hydrogen) atoms. The van der Waals surface area contributed by atoms with Gasteiger partial charge >= 0.3 is 0 Å². The maximum Gasteiger partial charge on any atom is 0.243 e. The maximum absolute atomic E-state index is 13.1. The quantitative estimate of drug-likeness (QED) is 0.726. The number of aryl methyl sites for hydroxylation is 2. The van der Waals surface area contributed by atoms with E-state index in [1.165, 1.54) is 14.8 Å². The third-order valence-electron chi connectivity index (χ3n) is 6.33. The number of benzene rings is 2. The van der Waals surface area contributed by atoms with Crippen molar-refractivity contribution in [2.75, 3.05) is 32.0 Å². The van der Waals surface area contributed by atoms with Crippen molar-refractivity contribution in [2.45, 2.75) is 37.0 Å². The molecule has 2 aromatic carbocycles. The number of amides is 2. The van der Waals surface area contributed by atoms with Crippen LogP contribution in [0.2, 0.25) is 0 Å². The zero-order valence-corrected chi connectivity index (χ0v) is 19.1. The molecule has 8 heteroatoms. The number of hydrogen-bond donors (Lipinski definition) is 1. The van der Waals surface area contributed by atoms with Gasteiger partial charge in [-0.1, -0.05) is 24.3 Å². The van der Waals surface area contributed by atoms with Crippen LogP contribution in [0.15, 0.2) is 53.4 Å². The lowest BCUT2D eigenvalue weighted by atomic mass is 9.96. The van der Waals surface area contributed by atoms with Crippen LogP contribution in [0.5, 0.6) is 0 Å². The van der Waals surface area contributed by atoms with Gasteiger partial charge in [0, 0.05) is 31.7 Å². The topological polar surface area (TPSA) is 86.8 Å². The minimum atomic E-state index is -3.56. The molecule has 0 radical (unpaired) electrons. The summed E-state index contributed by atoms with van der Waals surface area (Å²) in [5.74, 6) is -0.664. The zero-order chi connectivity index (χ0) is 22.7. The molecule has 1 heterocycles. The molecule has 1 aliphatic carbocycles. The first-order valence-corrected chi connectivity index (χ1v) is 12.5. The summed E-state index contributed by atoms with van der Waals surface area (Å²) >= 11 is 0. The van der Waals surface area contributed by atoms with E-state index in [1.54, 1.807) is 25.2 Å². The van der Waals surface area contributed by atoms with Gasteiger partial charge in [-0.15, -0.1) is 0 Å². The van der Waals surface area contributed by atoms with E-state index in [4.69, 9.17) is 0 Å². The Kier molecular flexibility index (Phi) is 6.62. The van der Waals surface area contributed by atoms with Crippen LogP contribution >= 0.6 is 0 Å². The Bertz CT molecular complexity index is 1090. The molecule has 1 N–H and O–H groups in total. The summed E-state index contributed by atoms with van der Waals surface area (Å²) in [6, 6.07) is 14.5. The maximum atomic E-state index is 13.1. The van der Waals surface area contributed by atoms with Crippen LogP contribution in [0.25, 0.3) is 0 Å². The molecule has 1 fully saturated rings. The van der Waals surface area contributed by atoms with Crippen LogP contribution in [0.4, 0.5) is 5.69 Å². The highest BCUT2D eigenvalue weighted by molar-refractivity contribution is 7.89. The number of carbonyl (C=O) groups is 2. The first-order chi connectivity index (χ1) is 15.3. The molecular formula is C24H29N3O4S. The second-order valence-electron chi connectivity index (χ2n) is 8.57. The number of piperidine rings is 1. The van der Waals surface area contributed by atoms with Gasteiger partial charge in [0.15, 0.2) is 0 Å². The van der Waals surface area contributed by atoms with Crippen molar-refractivity contribution in [3.63, 3.8) is 0 Å². The summed E-state index contributed by atoms with van der Waals surface area (Å²) in [7, 11) is -1.95. The van der Waals surface area contributed by atoms with E-state index in [0.717, 1.165) is 24.8 Å². The number of nitrogens with one attached hydrogen (secondary N) is 1. The van der Waals surface area contributed by atoms with Crippen LogP contribution in [0.1, 0.15) is 30.4 Å². The molecule has 0 bridgehead atoms. The Labute approximate surface area is 189 Å². The van der Waals surface area contributed by atoms with Crippen LogP contribution < -0.4 is 5.32 Å². The fraction of sp³-hybridized carbons (Fsp3) is 0.417. The summed E-state index contributed by atoms with van der Waals surface area (Å²) in [6.45, 7) is 0.571. The molecule has 0 unspecified atom stereocenters. The molecule has 4 rings (SSSR count). The van der Waals surface area contributed by atoms with Gasteiger partial charge in [-0.05, 0) is 67.5 Å². The predicted octanol–water partition coefficient (Wildman–Crippen LogP) is 2.67. The highest BCUT2D eigenvalue weighted by atomic mass is 32.2. The molecule has 7 nitrogen and oxygen atoms in total. The molecule has 0 saturated carbocycles. The molecule has 0 aromatic heterocycles. The Morgan fingerprint density at radius 2 is 1.72 bits per heavy atom. The van der Waals surface area contributed by atoms with Gasteiger partial charge in [0.1, 0.15) is 0 Å². The van der Waals surface area contributed by atoms with E-state index in [1.807, 2.05) is 30.3 Å². The monoisotopic (exact) mass is 455 g/mol. The first kappa shape index (κ1) is 22.5. The SMILES string of the molecule is CN(CC(=O)Nc1ccccc1)C(=O)C1CCN(S(=O)(=O)c2ccc3c(c2)CCC3)CC1. The number of rotatable bonds is 6. The van der Waals surface area contributed by atoms with E-state index < -0.39 is 10.0 Å². The molecule has 2 aliphatic rings. The van der Waals surface area contributed by atoms with Crippen LogP contribution in [0, 0.1) is 5.92 Å². The zero-order valence-electron chi connectivity index (χ0n) is 18.3. The number of nitrogens with zero attached hydrogens (tertiary/aromatic N) is 2. The molecule has 2 amide bonds. The second-order valence-corrected chi connectivity index (χ2v) is 10.5. The van der Waals surface area contributed by atoms with Gasteiger partial charge in [-0.25, -0.2) is 8.42 Å². The largest absolute Gasteiger partial charge is 0.336 e. The van der Waals surface area contributed by atoms with Gasteiger partial charge in [0.25, 0.3) is 0 Å². The summed E-state index contributed by atoms with van der Waals surface area (Å²) < 4.78 is 27.7. The Hall–Kier alpha value is -2.71. The molecule has 0 spiro atoms. The van der Waals surface area contributed by atoms with Crippen molar-refractivity contribution >= 4 is 27.5 Å². The average Bonchev–Trinajstić information content (AvgIpc) is 3.27. The number of carbonyl (C=O) groups excluding carboxylic acids is 2. The smallest absolute Gasteiger partial charge is 0.243 e. The van der Waals surface area contributed by atoms with Gasteiger partial charge < -0.3 is 10.2 Å². The third kappa shape index (κ3) is 4.86. The standard InChI is InChI=1S/C24H29N3O4S/c1-26(17-23(28)25-21-8-3-2-4-9-21)24(29)19-12-14-27(15-13-19)32(30,31)22-11-10-18-6-5-7-20(18)16-22/h2-4,8-11,16,19H,5-7,12-15,17H2,1H3,(H,25,28). The minimum absolute atomic E-state index is 0.0403. The average molecular weight is 456 g/mol. The van der Waals surface area contributed by atoms with E-state index in [-0.39, 0.29) is 24.3 Å². The van der Waals surface area contributed by atoms with E-state index in [2.05, 4.69) is 5.32 Å². The molecule has 2 aromatic rings. The summed E-state index contributed by atoms with van der Waals surface area (Å²) in [5.41, 5.74) is 3.06. The van der Waals surface area contributed by atoms with E-state index in [9.17, 15) is 18.0 Å². The highest BCUT2D eigenvalue weighted by Gasteiger charge is 2.34. The predicted molar refractivity (Wildman–Crippen MR) is 123 cm³/mol. The molecule has 1 aliphatic heterocycles. The number of likely N-dealkylation sites (N-methyl/N-ethyl adjacent to an activating group) is 1. The number of fused-ring (bicyclic) bond motifs is 1. The van der Waals surface area contributed by atoms with Crippen LogP contribution in [-0.2, 0) is 32.5 Å². The first-order valence-electron chi connectivity index (χ1n) is 11.1. The van der Waals surface area contributed by atoms with Crippen LogP contribution in [-0.4, -0.2) is 56.1 Å². The minimum Gasteiger partial charge on any atom is -0.336 e. The van der Waals surface area contributed by atoms with Crippen molar-refractivity contribution in [3.05, 3.63) is 59.7 Å². The fourth-order valence-electron chi connectivity index (χ4n) is 4.53. The normalized spacial score (nSPS) is 17.0. The molecular weight excluding hydrogens is 426 g/mol. The van der Waals surface area contributed by atoms with E-state index in [0.29, 0.717) is 36.5 Å². The summed E-state index contributed by atoms with van der Waals surface area (Å²) in [4.78, 5) is 26.8. The lowest BCUT2D eigenvalue weighted by Crippen LogP contribution is -2.45. The third-order valence-corrected chi connectivity index (χ3v) is 8.22. The van der Waals surface area contributed by atoms with E-state index >= 15 is 0 Å².